The van der Waals surface area contributed by atoms with Crippen LogP contribution in [0.5, 0.6) is 0 Å². The first-order valence-corrected chi connectivity index (χ1v) is 2.97. The summed E-state index contributed by atoms with van der Waals surface area (Å²) in [6.45, 7) is 1.79. The smallest absolute Gasteiger partial charge is 0.0630 e. The molecule has 0 aromatic carbocycles. The number of nitrogens with two attached hydrogens (primary N) is 1. The molecule has 0 amide bonds. The highest BCUT2D eigenvalue weighted by Gasteiger charge is 2.54. The predicted octanol–water partition coefficient (Wildman–Crippen LogP) is -1.22. The van der Waals surface area contributed by atoms with Crippen molar-refractivity contribution in [2.24, 2.45) is 17.7 Å². The molecule has 0 bridgehead atoms. The fourth-order valence-electron chi connectivity index (χ4n) is 1.53. The Labute approximate surface area is 48.1 Å². The molecule has 2 aliphatic rings. The van der Waals surface area contributed by atoms with E-state index in [4.69, 9.17) is 10.9 Å². The molecule has 2 rings (SSSR count). The molecule has 46 valence electrons. The Kier molecular flexibility index (Phi) is 0.730. The minimum Gasteiger partial charge on any atom is -0.392 e. The number of rotatable bonds is 0. The quantitative estimate of drug-likeness (QED) is 0.388. The van der Waals surface area contributed by atoms with E-state index in [1.165, 1.54) is 0 Å². The topological polar surface area (TPSA) is 49.5 Å². The average molecular weight is 114 g/mol. The van der Waals surface area contributed by atoms with Crippen LogP contribution in [0, 0.1) is 11.8 Å². The highest BCUT2D eigenvalue weighted by Crippen LogP contribution is 2.43. The van der Waals surface area contributed by atoms with E-state index in [0.717, 1.165) is 13.1 Å². The van der Waals surface area contributed by atoms with Crippen LogP contribution >= 0.6 is 0 Å². The molecule has 1 aliphatic heterocycles. The van der Waals surface area contributed by atoms with Gasteiger partial charge in [0.15, 0.2) is 0 Å². The lowest BCUT2D eigenvalue weighted by atomic mass is 10.4. The minimum absolute atomic E-state index is 0.0187. The van der Waals surface area contributed by atoms with Crippen LogP contribution in [0.3, 0.4) is 0 Å². The number of nitrogens with zero attached hydrogens (tertiary/aromatic N) is 1. The predicted molar refractivity (Wildman–Crippen MR) is 28.7 cm³/mol. The Morgan fingerprint density at radius 1 is 1.38 bits per heavy atom. The van der Waals surface area contributed by atoms with E-state index in [2.05, 4.69) is 0 Å². The largest absolute Gasteiger partial charge is 0.392 e. The van der Waals surface area contributed by atoms with Crippen LogP contribution in [0.1, 0.15) is 0 Å². The summed E-state index contributed by atoms with van der Waals surface area (Å²) in [5, 5.41) is 10.8. The lowest BCUT2D eigenvalue weighted by Gasteiger charge is -2.08. The Balaban J connectivity index is 2.00. The fourth-order valence-corrected chi connectivity index (χ4v) is 1.53. The monoisotopic (exact) mass is 114 g/mol. The van der Waals surface area contributed by atoms with E-state index < -0.39 is 0 Å². The van der Waals surface area contributed by atoms with E-state index in [9.17, 15) is 0 Å². The van der Waals surface area contributed by atoms with E-state index in [1.54, 1.807) is 5.01 Å². The van der Waals surface area contributed by atoms with E-state index in [0.29, 0.717) is 11.8 Å². The van der Waals surface area contributed by atoms with Crippen LogP contribution in [-0.2, 0) is 0 Å². The van der Waals surface area contributed by atoms with Crippen LogP contribution in [0.25, 0.3) is 0 Å². The molecular formula is C5H10N2O. The second kappa shape index (κ2) is 1.23. The summed E-state index contributed by atoms with van der Waals surface area (Å²) >= 11 is 0. The number of hydrogen-bond acceptors (Lipinski definition) is 3. The van der Waals surface area contributed by atoms with Crippen molar-refractivity contribution in [3.05, 3.63) is 0 Å². The molecule has 0 unspecified atom stereocenters. The number of hydrogen-bond donors (Lipinski definition) is 2. The van der Waals surface area contributed by atoms with Gasteiger partial charge in [-0.25, -0.2) is 5.01 Å². The molecule has 3 nitrogen and oxygen atoms in total. The molecule has 3 heteroatoms. The summed E-state index contributed by atoms with van der Waals surface area (Å²) < 4.78 is 0. The van der Waals surface area contributed by atoms with Crippen LogP contribution in [0.4, 0.5) is 0 Å². The molecule has 1 saturated carbocycles. The average Bonchev–Trinajstić information content (AvgIpc) is 2.29. The zero-order valence-corrected chi connectivity index (χ0v) is 4.62. The van der Waals surface area contributed by atoms with Gasteiger partial charge in [-0.3, -0.25) is 5.84 Å². The normalized spacial score (nSPS) is 54.0. The maximum absolute atomic E-state index is 8.98. The lowest BCUT2D eigenvalue weighted by molar-refractivity contribution is 0.190. The van der Waals surface area contributed by atoms with Crippen molar-refractivity contribution in [3.63, 3.8) is 0 Å². The van der Waals surface area contributed by atoms with Crippen molar-refractivity contribution < 1.29 is 5.11 Å². The third-order valence-electron chi connectivity index (χ3n) is 2.18. The van der Waals surface area contributed by atoms with E-state index >= 15 is 0 Å². The number of piperidine rings is 1. The van der Waals surface area contributed by atoms with Gasteiger partial charge >= 0.3 is 0 Å². The summed E-state index contributed by atoms with van der Waals surface area (Å²) in [6, 6.07) is 0. The molecule has 0 aromatic rings. The second-order valence-electron chi connectivity index (χ2n) is 2.77. The van der Waals surface area contributed by atoms with E-state index in [1.807, 2.05) is 0 Å². The Hall–Kier alpha value is -0.120. The SMILES string of the molecule is NN1C[C@@H]2[C@@H](O)[C@@H]2C1. The van der Waals surface area contributed by atoms with Crippen LogP contribution < -0.4 is 5.84 Å². The van der Waals surface area contributed by atoms with Crippen molar-refractivity contribution in [2.75, 3.05) is 13.1 Å². The number of fused-ring (bicyclic) bond motifs is 1. The standard InChI is InChI=1S/C5H10N2O/c6-7-1-3-4(2-7)5(3)8/h3-5,8H,1-2,6H2/t3-,4+,5+. The summed E-state index contributed by atoms with van der Waals surface area (Å²) in [4.78, 5) is 0. The maximum Gasteiger partial charge on any atom is 0.0630 e. The first-order chi connectivity index (χ1) is 3.79. The molecule has 8 heavy (non-hydrogen) atoms. The van der Waals surface area contributed by atoms with E-state index in [-0.39, 0.29) is 6.10 Å². The molecule has 0 spiro atoms. The zero-order valence-electron chi connectivity index (χ0n) is 4.62. The Morgan fingerprint density at radius 2 is 1.88 bits per heavy atom. The molecule has 1 heterocycles. The first kappa shape index (κ1) is 4.73. The molecule has 3 N–H and O–H groups in total. The van der Waals surface area contributed by atoms with Gasteiger partial charge in [0.1, 0.15) is 0 Å². The van der Waals surface area contributed by atoms with Crippen molar-refractivity contribution >= 4 is 0 Å². The summed E-state index contributed by atoms with van der Waals surface area (Å²) in [6.07, 6.45) is -0.0187. The van der Waals surface area contributed by atoms with Crippen LogP contribution in [0.2, 0.25) is 0 Å². The molecule has 1 saturated heterocycles. The van der Waals surface area contributed by atoms with Crippen molar-refractivity contribution in [1.29, 1.82) is 0 Å². The molecule has 0 radical (unpaired) electrons. The van der Waals surface area contributed by atoms with Gasteiger partial charge in [0.25, 0.3) is 0 Å². The number of aliphatic hydroxyl groups excluding tert-OH is 1. The third kappa shape index (κ3) is 0.438. The van der Waals surface area contributed by atoms with Crippen molar-refractivity contribution in [2.45, 2.75) is 6.10 Å². The van der Waals surface area contributed by atoms with Gasteiger partial charge in [-0.15, -0.1) is 0 Å². The third-order valence-corrected chi connectivity index (χ3v) is 2.18. The Morgan fingerprint density at radius 3 is 2.25 bits per heavy atom. The van der Waals surface area contributed by atoms with Crippen molar-refractivity contribution in [1.82, 2.24) is 5.01 Å². The van der Waals surface area contributed by atoms with Gasteiger partial charge in [-0.1, -0.05) is 0 Å². The van der Waals surface area contributed by atoms with Gasteiger partial charge in [-0.05, 0) is 0 Å². The summed E-state index contributed by atoms with van der Waals surface area (Å²) in [5.41, 5.74) is 0. The van der Waals surface area contributed by atoms with Gasteiger partial charge in [0.05, 0.1) is 6.10 Å². The molecule has 2 fully saturated rings. The zero-order chi connectivity index (χ0) is 5.72. The molecule has 0 aromatic heterocycles. The van der Waals surface area contributed by atoms with Gasteiger partial charge in [-0.2, -0.15) is 0 Å². The van der Waals surface area contributed by atoms with Gasteiger partial charge in [0, 0.05) is 24.9 Å². The number of hydrazine groups is 1. The van der Waals surface area contributed by atoms with Gasteiger partial charge in [0.2, 0.25) is 0 Å². The molecular weight excluding hydrogens is 104 g/mol. The fraction of sp³-hybridized carbons (Fsp3) is 1.00. The Bertz CT molecular complexity index is 105. The second-order valence-corrected chi connectivity index (χ2v) is 2.77. The molecule has 3 atom stereocenters. The number of aliphatic hydroxyl groups is 1. The first-order valence-electron chi connectivity index (χ1n) is 2.97. The van der Waals surface area contributed by atoms with Crippen LogP contribution in [0.15, 0.2) is 0 Å². The summed E-state index contributed by atoms with van der Waals surface area (Å²) in [7, 11) is 0. The maximum atomic E-state index is 8.98. The summed E-state index contributed by atoms with van der Waals surface area (Å²) in [5.74, 6) is 6.47. The van der Waals surface area contributed by atoms with Crippen molar-refractivity contribution in [3.8, 4) is 0 Å². The highest BCUT2D eigenvalue weighted by molar-refractivity contribution is 5.04. The lowest BCUT2D eigenvalue weighted by Crippen LogP contribution is -2.31. The highest BCUT2D eigenvalue weighted by atomic mass is 16.3. The molecule has 1 aliphatic carbocycles. The van der Waals surface area contributed by atoms with Gasteiger partial charge < -0.3 is 5.11 Å². The van der Waals surface area contributed by atoms with Crippen LogP contribution in [-0.4, -0.2) is 29.3 Å². The minimum atomic E-state index is -0.0187.